The standard InChI is InChI=1S/C13H27NO2/c1-11(2)9-13(3,4)10-14-8-6-5-7-12(15)16/h11,14H,5-10H2,1-4H3,(H,15,16). The van der Waals surface area contributed by atoms with Gasteiger partial charge in [0.2, 0.25) is 0 Å². The van der Waals surface area contributed by atoms with Crippen molar-refractivity contribution in [1.29, 1.82) is 0 Å². The number of unbranched alkanes of at least 4 members (excludes halogenated alkanes) is 1. The third kappa shape index (κ3) is 9.97. The Hall–Kier alpha value is -0.570. The molecule has 0 atom stereocenters. The van der Waals surface area contributed by atoms with E-state index < -0.39 is 5.97 Å². The van der Waals surface area contributed by atoms with Crippen LogP contribution in [-0.4, -0.2) is 24.2 Å². The molecule has 0 aromatic carbocycles. The van der Waals surface area contributed by atoms with E-state index in [9.17, 15) is 4.79 Å². The fourth-order valence-corrected chi connectivity index (χ4v) is 2.13. The molecule has 0 spiro atoms. The van der Waals surface area contributed by atoms with Crippen LogP contribution in [0.4, 0.5) is 0 Å². The van der Waals surface area contributed by atoms with E-state index in [1.54, 1.807) is 0 Å². The summed E-state index contributed by atoms with van der Waals surface area (Å²) >= 11 is 0. The SMILES string of the molecule is CC(C)CC(C)(C)CNCCCCC(=O)O. The lowest BCUT2D eigenvalue weighted by molar-refractivity contribution is -0.137. The predicted molar refractivity (Wildman–Crippen MR) is 67.6 cm³/mol. The Morgan fingerprint density at radius 2 is 1.94 bits per heavy atom. The third-order valence-electron chi connectivity index (χ3n) is 2.56. The maximum absolute atomic E-state index is 10.3. The van der Waals surface area contributed by atoms with Gasteiger partial charge in [0.25, 0.3) is 0 Å². The summed E-state index contributed by atoms with van der Waals surface area (Å²) in [6.45, 7) is 11.0. The lowest BCUT2D eigenvalue weighted by Crippen LogP contribution is -2.31. The van der Waals surface area contributed by atoms with Crippen LogP contribution >= 0.6 is 0 Å². The quantitative estimate of drug-likeness (QED) is 0.598. The van der Waals surface area contributed by atoms with Crippen molar-refractivity contribution in [2.45, 2.75) is 53.4 Å². The van der Waals surface area contributed by atoms with Crippen LogP contribution in [0.5, 0.6) is 0 Å². The Morgan fingerprint density at radius 3 is 2.44 bits per heavy atom. The third-order valence-corrected chi connectivity index (χ3v) is 2.56. The summed E-state index contributed by atoms with van der Waals surface area (Å²) in [5, 5.41) is 11.9. The first-order chi connectivity index (χ1) is 7.33. The topological polar surface area (TPSA) is 49.3 Å². The summed E-state index contributed by atoms with van der Waals surface area (Å²) in [5.41, 5.74) is 0.334. The van der Waals surface area contributed by atoms with Crippen molar-refractivity contribution in [3.8, 4) is 0 Å². The van der Waals surface area contributed by atoms with E-state index in [1.807, 2.05) is 0 Å². The zero-order chi connectivity index (χ0) is 12.6. The van der Waals surface area contributed by atoms with Crippen molar-refractivity contribution in [3.63, 3.8) is 0 Å². The van der Waals surface area contributed by atoms with Crippen LogP contribution in [0.1, 0.15) is 53.4 Å². The molecule has 0 bridgehead atoms. The van der Waals surface area contributed by atoms with Gasteiger partial charge >= 0.3 is 5.97 Å². The Balaban J connectivity index is 3.46. The van der Waals surface area contributed by atoms with E-state index >= 15 is 0 Å². The number of aliphatic carboxylic acids is 1. The molecule has 0 aliphatic heterocycles. The van der Waals surface area contributed by atoms with Gasteiger partial charge in [0.05, 0.1) is 0 Å². The van der Waals surface area contributed by atoms with Crippen molar-refractivity contribution >= 4 is 5.97 Å². The van der Waals surface area contributed by atoms with Crippen molar-refractivity contribution in [2.75, 3.05) is 13.1 Å². The molecule has 0 rings (SSSR count). The minimum atomic E-state index is -0.694. The molecule has 0 fully saturated rings. The fraction of sp³-hybridized carbons (Fsp3) is 0.923. The monoisotopic (exact) mass is 229 g/mol. The molecule has 0 aromatic rings. The van der Waals surface area contributed by atoms with Crippen molar-refractivity contribution < 1.29 is 9.90 Å². The Kier molecular flexibility index (Phi) is 7.39. The molecule has 0 unspecified atom stereocenters. The van der Waals surface area contributed by atoms with Gasteiger partial charge in [-0.25, -0.2) is 0 Å². The summed E-state index contributed by atoms with van der Waals surface area (Å²) < 4.78 is 0. The smallest absolute Gasteiger partial charge is 0.303 e. The van der Waals surface area contributed by atoms with Crippen LogP contribution < -0.4 is 5.32 Å². The van der Waals surface area contributed by atoms with Gasteiger partial charge in [0.15, 0.2) is 0 Å². The number of carboxylic acid groups (broad SMARTS) is 1. The molecule has 0 amide bonds. The molecule has 0 heterocycles. The molecule has 0 aliphatic carbocycles. The molecular formula is C13H27NO2. The number of carbonyl (C=O) groups is 1. The average Bonchev–Trinajstić information content (AvgIpc) is 2.08. The van der Waals surface area contributed by atoms with Crippen LogP contribution in [0.2, 0.25) is 0 Å². The largest absolute Gasteiger partial charge is 0.481 e. The Labute approximate surface area is 99.6 Å². The molecular weight excluding hydrogens is 202 g/mol. The lowest BCUT2D eigenvalue weighted by Gasteiger charge is -2.27. The normalized spacial score (nSPS) is 12.1. The Morgan fingerprint density at radius 1 is 1.31 bits per heavy atom. The van der Waals surface area contributed by atoms with E-state index in [0.29, 0.717) is 5.41 Å². The van der Waals surface area contributed by atoms with Gasteiger partial charge in [-0.1, -0.05) is 27.7 Å². The van der Waals surface area contributed by atoms with Crippen LogP contribution in [-0.2, 0) is 4.79 Å². The zero-order valence-corrected chi connectivity index (χ0v) is 11.2. The van der Waals surface area contributed by atoms with E-state index in [2.05, 4.69) is 33.0 Å². The highest BCUT2D eigenvalue weighted by molar-refractivity contribution is 5.66. The van der Waals surface area contributed by atoms with E-state index in [-0.39, 0.29) is 6.42 Å². The highest BCUT2D eigenvalue weighted by atomic mass is 16.4. The van der Waals surface area contributed by atoms with Crippen LogP contribution in [0.25, 0.3) is 0 Å². The molecule has 0 saturated carbocycles. The Bertz CT molecular complexity index is 200. The highest BCUT2D eigenvalue weighted by Gasteiger charge is 2.18. The first kappa shape index (κ1) is 15.4. The van der Waals surface area contributed by atoms with Crippen LogP contribution in [0, 0.1) is 11.3 Å². The van der Waals surface area contributed by atoms with E-state index in [0.717, 1.165) is 31.8 Å². The second-order valence-corrected chi connectivity index (χ2v) is 5.79. The molecule has 96 valence electrons. The number of nitrogens with one attached hydrogen (secondary N) is 1. The van der Waals surface area contributed by atoms with Crippen molar-refractivity contribution in [1.82, 2.24) is 5.32 Å². The zero-order valence-electron chi connectivity index (χ0n) is 11.2. The molecule has 0 radical (unpaired) electrons. The van der Waals surface area contributed by atoms with Crippen molar-refractivity contribution in [3.05, 3.63) is 0 Å². The minimum Gasteiger partial charge on any atom is -0.481 e. The number of rotatable bonds is 9. The predicted octanol–water partition coefficient (Wildman–Crippen LogP) is 2.90. The van der Waals surface area contributed by atoms with Gasteiger partial charge in [0, 0.05) is 13.0 Å². The fourth-order valence-electron chi connectivity index (χ4n) is 2.13. The summed E-state index contributed by atoms with van der Waals surface area (Å²) in [5.74, 6) is 0.0314. The minimum absolute atomic E-state index is 0.289. The van der Waals surface area contributed by atoms with E-state index in [4.69, 9.17) is 5.11 Å². The molecule has 0 saturated heterocycles. The molecule has 0 aliphatic rings. The first-order valence-electron chi connectivity index (χ1n) is 6.26. The van der Waals surface area contributed by atoms with Gasteiger partial charge in [-0.05, 0) is 37.1 Å². The maximum Gasteiger partial charge on any atom is 0.303 e. The number of hydrogen-bond acceptors (Lipinski definition) is 2. The van der Waals surface area contributed by atoms with Gasteiger partial charge < -0.3 is 10.4 Å². The summed E-state index contributed by atoms with van der Waals surface area (Å²) in [7, 11) is 0. The first-order valence-corrected chi connectivity index (χ1v) is 6.26. The van der Waals surface area contributed by atoms with Gasteiger partial charge in [-0.15, -0.1) is 0 Å². The van der Waals surface area contributed by atoms with Gasteiger partial charge in [0.1, 0.15) is 0 Å². The lowest BCUT2D eigenvalue weighted by atomic mass is 9.84. The second kappa shape index (κ2) is 7.66. The molecule has 2 N–H and O–H groups in total. The number of hydrogen-bond donors (Lipinski definition) is 2. The molecule has 3 nitrogen and oxygen atoms in total. The second-order valence-electron chi connectivity index (χ2n) is 5.79. The summed E-state index contributed by atoms with van der Waals surface area (Å²) in [6.07, 6.45) is 3.23. The maximum atomic E-state index is 10.3. The summed E-state index contributed by atoms with van der Waals surface area (Å²) in [6, 6.07) is 0. The average molecular weight is 229 g/mol. The molecule has 16 heavy (non-hydrogen) atoms. The van der Waals surface area contributed by atoms with E-state index in [1.165, 1.54) is 6.42 Å². The highest BCUT2D eigenvalue weighted by Crippen LogP contribution is 2.23. The van der Waals surface area contributed by atoms with Crippen molar-refractivity contribution in [2.24, 2.45) is 11.3 Å². The molecule has 0 aromatic heterocycles. The van der Waals surface area contributed by atoms with Gasteiger partial charge in [-0.2, -0.15) is 0 Å². The number of carboxylic acids is 1. The van der Waals surface area contributed by atoms with Crippen LogP contribution in [0.3, 0.4) is 0 Å². The molecule has 3 heteroatoms. The van der Waals surface area contributed by atoms with Gasteiger partial charge in [-0.3, -0.25) is 4.79 Å². The summed E-state index contributed by atoms with van der Waals surface area (Å²) in [4.78, 5) is 10.3. The van der Waals surface area contributed by atoms with Crippen LogP contribution in [0.15, 0.2) is 0 Å².